The molecule has 0 atom stereocenters. The Balaban J connectivity index is 1.54. The molecule has 1 fully saturated rings. The molecule has 1 aliphatic heterocycles. The second kappa shape index (κ2) is 8.42. The van der Waals surface area contributed by atoms with E-state index in [1.807, 2.05) is 6.07 Å². The highest BCUT2D eigenvalue weighted by molar-refractivity contribution is 6.31. The van der Waals surface area contributed by atoms with E-state index in [9.17, 15) is 4.39 Å². The summed E-state index contributed by atoms with van der Waals surface area (Å²) in [5.74, 6) is -0.250. The largest absolute Gasteiger partial charge is 0.343 e. The Morgan fingerprint density at radius 3 is 2.67 bits per heavy atom. The Morgan fingerprint density at radius 1 is 1.04 bits per heavy atom. The number of benzene rings is 2. The lowest BCUT2D eigenvalue weighted by Gasteiger charge is -2.26. The average molecular weight is 386 g/mol. The van der Waals surface area contributed by atoms with Crippen LogP contribution in [0.4, 0.5) is 4.39 Å². The first-order valence-corrected chi connectivity index (χ1v) is 10.0. The van der Waals surface area contributed by atoms with Crippen LogP contribution in [0.2, 0.25) is 5.02 Å². The predicted molar refractivity (Wildman–Crippen MR) is 110 cm³/mol. The van der Waals surface area contributed by atoms with E-state index in [4.69, 9.17) is 11.6 Å². The highest BCUT2D eigenvalue weighted by Crippen LogP contribution is 2.26. The third-order valence-electron chi connectivity index (χ3n) is 5.39. The molecule has 1 aliphatic rings. The lowest BCUT2D eigenvalue weighted by Crippen LogP contribution is -2.43. The Kier molecular flexibility index (Phi) is 5.77. The molecule has 1 N–H and O–H groups in total. The summed E-state index contributed by atoms with van der Waals surface area (Å²) < 4.78 is 16.4. The summed E-state index contributed by atoms with van der Waals surface area (Å²) in [6, 6.07) is 13.2. The van der Waals surface area contributed by atoms with Crippen molar-refractivity contribution in [3.05, 3.63) is 70.6 Å². The Labute approximate surface area is 164 Å². The zero-order chi connectivity index (χ0) is 18.6. The van der Waals surface area contributed by atoms with E-state index in [1.54, 1.807) is 12.1 Å². The highest BCUT2D eigenvalue weighted by Gasteiger charge is 2.13. The first-order chi connectivity index (χ1) is 13.2. The van der Waals surface area contributed by atoms with Crippen molar-refractivity contribution in [2.75, 3.05) is 32.7 Å². The molecule has 1 saturated heterocycles. The van der Waals surface area contributed by atoms with E-state index in [0.717, 1.165) is 51.1 Å². The van der Waals surface area contributed by atoms with Gasteiger partial charge < -0.3 is 14.8 Å². The van der Waals surface area contributed by atoms with Crippen molar-refractivity contribution in [3.8, 4) is 0 Å². The number of para-hydroxylation sites is 1. The van der Waals surface area contributed by atoms with Crippen molar-refractivity contribution in [1.29, 1.82) is 0 Å². The highest BCUT2D eigenvalue weighted by atomic mass is 35.5. The minimum Gasteiger partial charge on any atom is -0.343 e. The van der Waals surface area contributed by atoms with Crippen LogP contribution in [0.15, 0.2) is 48.7 Å². The molecule has 142 valence electrons. The molecule has 0 amide bonds. The van der Waals surface area contributed by atoms with E-state index >= 15 is 0 Å². The smallest absolute Gasteiger partial charge is 0.129 e. The molecule has 3 nitrogen and oxygen atoms in total. The summed E-state index contributed by atoms with van der Waals surface area (Å²) in [5, 5.41) is 5.13. The van der Waals surface area contributed by atoms with Crippen molar-refractivity contribution in [3.63, 3.8) is 0 Å². The molecule has 0 radical (unpaired) electrons. The summed E-state index contributed by atoms with van der Waals surface area (Å²) in [7, 11) is 0. The quantitative estimate of drug-likeness (QED) is 0.682. The summed E-state index contributed by atoms with van der Waals surface area (Å²) in [4.78, 5) is 2.52. The van der Waals surface area contributed by atoms with Crippen molar-refractivity contribution in [2.24, 2.45) is 0 Å². The van der Waals surface area contributed by atoms with Gasteiger partial charge in [-0.15, -0.1) is 0 Å². The maximum Gasteiger partial charge on any atom is 0.129 e. The Hall–Kier alpha value is -1.88. The van der Waals surface area contributed by atoms with Crippen molar-refractivity contribution in [2.45, 2.75) is 19.4 Å². The Morgan fingerprint density at radius 2 is 1.85 bits per heavy atom. The fourth-order valence-electron chi connectivity index (χ4n) is 3.93. The van der Waals surface area contributed by atoms with Gasteiger partial charge in [-0.25, -0.2) is 4.39 Å². The van der Waals surface area contributed by atoms with Crippen LogP contribution in [-0.2, 0) is 13.0 Å². The molecule has 0 unspecified atom stereocenters. The van der Waals surface area contributed by atoms with Gasteiger partial charge in [-0.2, -0.15) is 0 Å². The first-order valence-electron chi connectivity index (χ1n) is 9.65. The second-order valence-electron chi connectivity index (χ2n) is 7.19. The standard InChI is InChI=1S/C22H25ClFN3/c23-20-7-3-8-21(24)19(20)16-27-15-17(18-6-1-2-9-22(18)27)5-4-12-26-13-10-25-11-14-26/h1-3,6-9,15,25H,4-5,10-14,16H2. The van der Waals surface area contributed by atoms with Crippen LogP contribution in [0, 0.1) is 5.82 Å². The van der Waals surface area contributed by atoms with Crippen LogP contribution in [0.25, 0.3) is 10.9 Å². The van der Waals surface area contributed by atoms with Crippen molar-refractivity contribution >= 4 is 22.5 Å². The van der Waals surface area contributed by atoms with E-state index < -0.39 is 0 Å². The number of nitrogens with zero attached hydrogens (tertiary/aromatic N) is 2. The number of hydrogen-bond donors (Lipinski definition) is 1. The number of rotatable bonds is 6. The summed E-state index contributed by atoms with van der Waals surface area (Å²) in [6.45, 7) is 6.01. The number of fused-ring (bicyclic) bond motifs is 1. The fourth-order valence-corrected chi connectivity index (χ4v) is 4.16. The van der Waals surface area contributed by atoms with Crippen LogP contribution in [0.5, 0.6) is 0 Å². The van der Waals surface area contributed by atoms with Gasteiger partial charge in [0, 0.05) is 53.9 Å². The van der Waals surface area contributed by atoms with Crippen LogP contribution in [0.3, 0.4) is 0 Å². The Bertz CT molecular complexity index is 895. The normalized spacial score (nSPS) is 15.5. The molecule has 2 heterocycles. The van der Waals surface area contributed by atoms with Gasteiger partial charge in [-0.3, -0.25) is 0 Å². The van der Waals surface area contributed by atoms with E-state index in [1.165, 1.54) is 17.0 Å². The topological polar surface area (TPSA) is 20.2 Å². The van der Waals surface area contributed by atoms with Crippen LogP contribution in [-0.4, -0.2) is 42.2 Å². The third-order valence-corrected chi connectivity index (χ3v) is 5.75. The molecule has 0 saturated carbocycles. The van der Waals surface area contributed by atoms with Gasteiger partial charge in [0.25, 0.3) is 0 Å². The molecule has 0 bridgehead atoms. The maximum atomic E-state index is 14.2. The number of hydrogen-bond acceptors (Lipinski definition) is 2. The SMILES string of the molecule is Fc1cccc(Cl)c1Cn1cc(CCCN2CCNCC2)c2ccccc21. The van der Waals surface area contributed by atoms with Crippen molar-refractivity contribution in [1.82, 2.24) is 14.8 Å². The van der Waals surface area contributed by atoms with Gasteiger partial charge in [0.1, 0.15) is 5.82 Å². The van der Waals surface area contributed by atoms with Crippen molar-refractivity contribution < 1.29 is 4.39 Å². The van der Waals surface area contributed by atoms with Crippen LogP contribution < -0.4 is 5.32 Å². The van der Waals surface area contributed by atoms with Gasteiger partial charge in [0.05, 0.1) is 6.54 Å². The van der Waals surface area contributed by atoms with Gasteiger partial charge in [0.2, 0.25) is 0 Å². The molecule has 27 heavy (non-hydrogen) atoms. The summed E-state index contributed by atoms with van der Waals surface area (Å²) in [5.41, 5.74) is 3.01. The van der Waals surface area contributed by atoms with Crippen LogP contribution in [0.1, 0.15) is 17.5 Å². The monoisotopic (exact) mass is 385 g/mol. The lowest BCUT2D eigenvalue weighted by atomic mass is 10.1. The van der Waals surface area contributed by atoms with Gasteiger partial charge in [-0.05, 0) is 43.1 Å². The van der Waals surface area contributed by atoms with E-state index in [-0.39, 0.29) is 5.82 Å². The molecule has 2 aromatic carbocycles. The molecule has 3 aromatic rings. The zero-order valence-corrected chi connectivity index (χ0v) is 16.2. The van der Waals surface area contributed by atoms with Gasteiger partial charge >= 0.3 is 0 Å². The zero-order valence-electron chi connectivity index (χ0n) is 15.4. The number of nitrogens with one attached hydrogen (secondary N) is 1. The maximum absolute atomic E-state index is 14.2. The van der Waals surface area contributed by atoms with E-state index in [2.05, 4.69) is 39.2 Å². The van der Waals surface area contributed by atoms with Gasteiger partial charge in [-0.1, -0.05) is 35.9 Å². The minimum atomic E-state index is -0.250. The molecule has 0 spiro atoms. The molecule has 1 aromatic heterocycles. The average Bonchev–Trinajstić information content (AvgIpc) is 3.04. The van der Waals surface area contributed by atoms with E-state index in [0.29, 0.717) is 17.1 Å². The number of aromatic nitrogens is 1. The first kappa shape index (κ1) is 18.5. The molecule has 4 rings (SSSR count). The second-order valence-corrected chi connectivity index (χ2v) is 7.60. The summed E-state index contributed by atoms with van der Waals surface area (Å²) >= 11 is 6.24. The third kappa shape index (κ3) is 4.18. The molecular formula is C22H25ClFN3. The predicted octanol–water partition coefficient (Wildman–Crippen LogP) is 4.32. The molecular weight excluding hydrogens is 361 g/mol. The number of aryl methyl sites for hydroxylation is 1. The minimum absolute atomic E-state index is 0.250. The summed E-state index contributed by atoms with van der Waals surface area (Å²) in [6.07, 6.45) is 4.34. The fraction of sp³-hybridized carbons (Fsp3) is 0.364. The lowest BCUT2D eigenvalue weighted by molar-refractivity contribution is 0.238. The molecule has 5 heteroatoms. The van der Waals surface area contributed by atoms with Gasteiger partial charge in [0.15, 0.2) is 0 Å². The number of halogens is 2. The molecule has 0 aliphatic carbocycles. The number of piperazine rings is 1. The van der Waals surface area contributed by atoms with Crippen LogP contribution >= 0.6 is 11.6 Å².